The summed E-state index contributed by atoms with van der Waals surface area (Å²) in [6, 6.07) is 6.10. The molecule has 0 spiro atoms. The molecule has 4 heteroatoms. The molecule has 0 aromatic heterocycles. The fourth-order valence-electron chi connectivity index (χ4n) is 2.95. The average molecular weight is 319 g/mol. The van der Waals surface area contributed by atoms with Crippen molar-refractivity contribution in [3.05, 3.63) is 29.3 Å². The number of rotatable bonds is 7. The van der Waals surface area contributed by atoms with Crippen molar-refractivity contribution < 1.29 is 14.3 Å². The zero-order chi connectivity index (χ0) is 16.7. The fraction of sp³-hybridized carbons (Fsp3) is 0.632. The lowest BCUT2D eigenvalue weighted by Gasteiger charge is -2.32. The van der Waals surface area contributed by atoms with Crippen LogP contribution in [0.1, 0.15) is 43.7 Å². The van der Waals surface area contributed by atoms with Gasteiger partial charge in [-0.15, -0.1) is 0 Å². The van der Waals surface area contributed by atoms with E-state index in [2.05, 4.69) is 19.9 Å². The molecular weight excluding hydrogens is 290 g/mol. The van der Waals surface area contributed by atoms with Gasteiger partial charge in [-0.1, -0.05) is 24.6 Å². The van der Waals surface area contributed by atoms with Gasteiger partial charge in [0, 0.05) is 19.7 Å². The second-order valence-electron chi connectivity index (χ2n) is 6.34. The molecular formula is C19H29NO3. The van der Waals surface area contributed by atoms with Crippen molar-refractivity contribution in [2.45, 2.75) is 52.6 Å². The smallest absolute Gasteiger partial charge is 0.226 e. The maximum Gasteiger partial charge on any atom is 0.226 e. The zero-order valence-electron chi connectivity index (χ0n) is 14.6. The number of nitrogens with zero attached hydrogens (tertiary/aromatic N) is 1. The van der Waals surface area contributed by atoms with Crippen LogP contribution >= 0.6 is 0 Å². The summed E-state index contributed by atoms with van der Waals surface area (Å²) in [6.45, 7) is 8.98. The molecule has 0 radical (unpaired) electrons. The first-order valence-corrected chi connectivity index (χ1v) is 8.69. The highest BCUT2D eigenvalue weighted by atomic mass is 16.5. The molecule has 1 saturated heterocycles. The van der Waals surface area contributed by atoms with Gasteiger partial charge in [-0.05, 0) is 44.7 Å². The molecule has 0 saturated carbocycles. The molecule has 0 bridgehead atoms. The molecule has 128 valence electrons. The summed E-state index contributed by atoms with van der Waals surface area (Å²) in [5.74, 6) is 1.03. The number of hydrogen-bond donors (Lipinski definition) is 0. The van der Waals surface area contributed by atoms with E-state index in [0.29, 0.717) is 13.0 Å². The number of aryl methyl sites for hydroxylation is 2. The summed E-state index contributed by atoms with van der Waals surface area (Å²) in [5.41, 5.74) is 2.33. The first kappa shape index (κ1) is 17.8. The maximum absolute atomic E-state index is 12.3. The molecule has 1 aliphatic heterocycles. The quantitative estimate of drug-likeness (QED) is 0.772. The minimum atomic E-state index is 0.166. The minimum Gasteiger partial charge on any atom is -0.493 e. The van der Waals surface area contributed by atoms with Crippen molar-refractivity contribution in [2.24, 2.45) is 0 Å². The number of ether oxygens (including phenoxy) is 2. The number of amides is 1. The van der Waals surface area contributed by atoms with Crippen molar-refractivity contribution in [3.63, 3.8) is 0 Å². The molecule has 23 heavy (non-hydrogen) atoms. The lowest BCUT2D eigenvalue weighted by molar-refractivity contribution is -0.135. The van der Waals surface area contributed by atoms with Gasteiger partial charge in [0.1, 0.15) is 5.75 Å². The van der Waals surface area contributed by atoms with Crippen LogP contribution in [0.15, 0.2) is 18.2 Å². The highest BCUT2D eigenvalue weighted by Gasteiger charge is 2.23. The van der Waals surface area contributed by atoms with Gasteiger partial charge in [-0.2, -0.15) is 0 Å². The summed E-state index contributed by atoms with van der Waals surface area (Å²) in [4.78, 5) is 14.3. The van der Waals surface area contributed by atoms with Gasteiger partial charge in [0.2, 0.25) is 5.91 Å². The predicted molar refractivity (Wildman–Crippen MR) is 91.9 cm³/mol. The monoisotopic (exact) mass is 319 g/mol. The summed E-state index contributed by atoms with van der Waals surface area (Å²) in [7, 11) is 0. The second kappa shape index (κ2) is 8.92. The highest BCUT2D eigenvalue weighted by Crippen LogP contribution is 2.19. The first-order chi connectivity index (χ1) is 11.1. The van der Waals surface area contributed by atoms with E-state index in [-0.39, 0.29) is 12.0 Å². The van der Waals surface area contributed by atoms with Gasteiger partial charge in [0.15, 0.2) is 0 Å². The highest BCUT2D eigenvalue weighted by molar-refractivity contribution is 5.76. The van der Waals surface area contributed by atoms with Crippen LogP contribution in [0.5, 0.6) is 5.75 Å². The summed E-state index contributed by atoms with van der Waals surface area (Å²) >= 11 is 0. The maximum atomic E-state index is 12.3. The number of carbonyl (C=O) groups is 1. The summed E-state index contributed by atoms with van der Waals surface area (Å²) < 4.78 is 11.6. The number of benzene rings is 1. The van der Waals surface area contributed by atoms with E-state index < -0.39 is 0 Å². The zero-order valence-corrected chi connectivity index (χ0v) is 14.6. The molecule has 0 N–H and O–H groups in total. The van der Waals surface area contributed by atoms with E-state index in [9.17, 15) is 4.79 Å². The number of piperidine rings is 1. The van der Waals surface area contributed by atoms with E-state index in [0.717, 1.165) is 50.3 Å². The minimum absolute atomic E-state index is 0.166. The molecule has 1 unspecified atom stereocenters. The van der Waals surface area contributed by atoms with Gasteiger partial charge in [-0.25, -0.2) is 0 Å². The number of likely N-dealkylation sites (tertiary alicyclic amines) is 1. The van der Waals surface area contributed by atoms with Crippen LogP contribution in [0.4, 0.5) is 0 Å². The van der Waals surface area contributed by atoms with Gasteiger partial charge >= 0.3 is 0 Å². The standard InChI is InChI=1S/C19H29NO3/c1-4-11-22-17-6-5-10-20(14-17)19(21)9-12-23-18-8-7-15(2)13-16(18)3/h7-8,13,17H,4-6,9-12,14H2,1-3H3. The molecule has 2 rings (SSSR count). The van der Waals surface area contributed by atoms with Crippen LogP contribution in [0.25, 0.3) is 0 Å². The van der Waals surface area contributed by atoms with Gasteiger partial charge < -0.3 is 14.4 Å². The Morgan fingerprint density at radius 2 is 2.13 bits per heavy atom. The normalized spacial score (nSPS) is 18.0. The Hall–Kier alpha value is -1.55. The molecule has 1 aromatic rings. The van der Waals surface area contributed by atoms with E-state index in [1.54, 1.807) is 0 Å². The first-order valence-electron chi connectivity index (χ1n) is 8.69. The van der Waals surface area contributed by atoms with E-state index >= 15 is 0 Å². The van der Waals surface area contributed by atoms with Crippen molar-refractivity contribution in [3.8, 4) is 5.75 Å². The Morgan fingerprint density at radius 3 is 2.87 bits per heavy atom. The molecule has 1 heterocycles. The largest absolute Gasteiger partial charge is 0.493 e. The SMILES string of the molecule is CCCOC1CCCN(C(=O)CCOc2ccc(C)cc2C)C1. The molecule has 1 fully saturated rings. The second-order valence-corrected chi connectivity index (χ2v) is 6.34. The molecule has 1 aromatic carbocycles. The van der Waals surface area contributed by atoms with Crippen LogP contribution in [0, 0.1) is 13.8 Å². The van der Waals surface area contributed by atoms with Crippen molar-refractivity contribution >= 4 is 5.91 Å². The predicted octanol–water partition coefficient (Wildman–Crippen LogP) is 3.49. The van der Waals surface area contributed by atoms with Crippen LogP contribution in [0.3, 0.4) is 0 Å². The van der Waals surface area contributed by atoms with Crippen LogP contribution in [-0.2, 0) is 9.53 Å². The number of carbonyl (C=O) groups excluding carboxylic acids is 1. The lowest BCUT2D eigenvalue weighted by atomic mass is 10.1. The topological polar surface area (TPSA) is 38.8 Å². The lowest BCUT2D eigenvalue weighted by Crippen LogP contribution is -2.43. The third-order valence-electron chi connectivity index (χ3n) is 4.19. The molecule has 1 atom stereocenters. The van der Waals surface area contributed by atoms with E-state index in [1.165, 1.54) is 5.56 Å². The van der Waals surface area contributed by atoms with Crippen LogP contribution < -0.4 is 4.74 Å². The fourth-order valence-corrected chi connectivity index (χ4v) is 2.95. The van der Waals surface area contributed by atoms with Gasteiger partial charge in [-0.3, -0.25) is 4.79 Å². The van der Waals surface area contributed by atoms with Gasteiger partial charge in [0.05, 0.1) is 19.1 Å². The van der Waals surface area contributed by atoms with Crippen molar-refractivity contribution in [1.29, 1.82) is 0 Å². The Bertz CT molecular complexity index is 515. The summed E-state index contributed by atoms with van der Waals surface area (Å²) in [6.07, 6.45) is 3.73. The van der Waals surface area contributed by atoms with Gasteiger partial charge in [0.25, 0.3) is 0 Å². The van der Waals surface area contributed by atoms with E-state index in [1.807, 2.05) is 24.0 Å². The third-order valence-corrected chi connectivity index (χ3v) is 4.19. The number of hydrogen-bond acceptors (Lipinski definition) is 3. The molecule has 4 nitrogen and oxygen atoms in total. The van der Waals surface area contributed by atoms with Crippen molar-refractivity contribution in [2.75, 3.05) is 26.3 Å². The summed E-state index contributed by atoms with van der Waals surface area (Å²) in [5, 5.41) is 0. The Balaban J connectivity index is 1.75. The molecule has 1 aliphatic rings. The Morgan fingerprint density at radius 1 is 1.30 bits per heavy atom. The van der Waals surface area contributed by atoms with Crippen LogP contribution in [0.2, 0.25) is 0 Å². The van der Waals surface area contributed by atoms with E-state index in [4.69, 9.17) is 9.47 Å². The molecule has 1 amide bonds. The molecule has 0 aliphatic carbocycles. The third kappa shape index (κ3) is 5.54. The van der Waals surface area contributed by atoms with Crippen molar-refractivity contribution in [1.82, 2.24) is 4.90 Å². The average Bonchev–Trinajstić information content (AvgIpc) is 2.55. The van der Waals surface area contributed by atoms with Crippen LogP contribution in [-0.4, -0.2) is 43.2 Å². The Labute approximate surface area is 139 Å². The Kier molecular flexibility index (Phi) is 6.90.